The van der Waals surface area contributed by atoms with Gasteiger partial charge in [0.1, 0.15) is 11.5 Å². The summed E-state index contributed by atoms with van der Waals surface area (Å²) in [6.45, 7) is 3.15. The first-order valence-electron chi connectivity index (χ1n) is 8.95. The van der Waals surface area contributed by atoms with E-state index in [0.717, 1.165) is 10.7 Å². The van der Waals surface area contributed by atoms with Crippen molar-refractivity contribution in [2.45, 2.75) is 13.8 Å². The summed E-state index contributed by atoms with van der Waals surface area (Å²) in [6, 6.07) is 5.39. The number of nitrogens with zero attached hydrogens (tertiary/aromatic N) is 4. The number of aryl methyl sites for hydroxylation is 1. The summed E-state index contributed by atoms with van der Waals surface area (Å²) >= 11 is 0. The molecule has 10 nitrogen and oxygen atoms in total. The van der Waals surface area contributed by atoms with Crippen LogP contribution < -0.4 is 20.9 Å². The Hall–Kier alpha value is -3.89. The first kappa shape index (κ1) is 20.8. The Kier molecular flexibility index (Phi) is 6.00. The molecule has 0 aliphatic carbocycles. The quantitative estimate of drug-likeness (QED) is 0.455. The van der Waals surface area contributed by atoms with Crippen molar-refractivity contribution in [3.8, 4) is 23.1 Å². The predicted molar refractivity (Wildman–Crippen MR) is 104 cm³/mol. The Morgan fingerprint density at radius 3 is 2.73 bits per heavy atom. The lowest BCUT2D eigenvalue weighted by atomic mass is 10.2. The van der Waals surface area contributed by atoms with Crippen LogP contribution in [0.25, 0.3) is 5.69 Å². The van der Waals surface area contributed by atoms with Gasteiger partial charge in [-0.15, -0.1) is 0 Å². The SMILES string of the molecule is CCOC(=O)COc1ncccc1Oc1cc(-n2nc(C)n(C)c2=O)c(F)cc1N. The molecule has 2 heterocycles. The van der Waals surface area contributed by atoms with Crippen LogP contribution in [0.15, 0.2) is 35.3 Å². The molecule has 0 aliphatic heterocycles. The van der Waals surface area contributed by atoms with Crippen LogP contribution in [0.3, 0.4) is 0 Å². The third-order valence-corrected chi connectivity index (χ3v) is 4.09. The minimum Gasteiger partial charge on any atom is -0.463 e. The molecule has 0 bridgehead atoms. The fourth-order valence-electron chi connectivity index (χ4n) is 2.51. The number of anilines is 1. The van der Waals surface area contributed by atoms with Crippen molar-refractivity contribution in [3.05, 3.63) is 52.6 Å². The first-order valence-corrected chi connectivity index (χ1v) is 8.95. The van der Waals surface area contributed by atoms with E-state index in [1.54, 1.807) is 19.9 Å². The molecule has 0 spiro atoms. The van der Waals surface area contributed by atoms with Crippen LogP contribution in [0.2, 0.25) is 0 Å². The number of esters is 1. The Labute approximate surface area is 170 Å². The summed E-state index contributed by atoms with van der Waals surface area (Å²) in [4.78, 5) is 27.8. The number of nitrogen functional groups attached to an aromatic ring is 1. The van der Waals surface area contributed by atoms with Gasteiger partial charge in [0.2, 0.25) is 0 Å². The highest BCUT2D eigenvalue weighted by Crippen LogP contribution is 2.34. The van der Waals surface area contributed by atoms with Crippen molar-refractivity contribution in [1.82, 2.24) is 19.3 Å². The third kappa shape index (κ3) is 4.24. The van der Waals surface area contributed by atoms with Gasteiger partial charge in [0.25, 0.3) is 5.88 Å². The number of nitrogens with two attached hydrogens (primary N) is 1. The van der Waals surface area contributed by atoms with E-state index in [-0.39, 0.29) is 42.0 Å². The van der Waals surface area contributed by atoms with Crippen LogP contribution in [0.1, 0.15) is 12.7 Å². The molecule has 0 saturated carbocycles. The van der Waals surface area contributed by atoms with E-state index in [9.17, 15) is 14.0 Å². The zero-order chi connectivity index (χ0) is 21.8. The van der Waals surface area contributed by atoms with Gasteiger partial charge >= 0.3 is 11.7 Å². The summed E-state index contributed by atoms with van der Waals surface area (Å²) < 4.78 is 32.6. The van der Waals surface area contributed by atoms with Crippen LogP contribution in [0.5, 0.6) is 17.4 Å². The van der Waals surface area contributed by atoms with E-state index in [4.69, 9.17) is 19.9 Å². The van der Waals surface area contributed by atoms with Gasteiger partial charge in [-0.25, -0.2) is 19.0 Å². The molecule has 158 valence electrons. The smallest absolute Gasteiger partial charge is 0.350 e. The summed E-state index contributed by atoms with van der Waals surface area (Å²) in [5, 5.41) is 4.04. The minimum absolute atomic E-state index is 0.0154. The largest absolute Gasteiger partial charge is 0.463 e. The Bertz CT molecular complexity index is 1140. The van der Waals surface area contributed by atoms with Crippen molar-refractivity contribution in [2.75, 3.05) is 18.9 Å². The molecular formula is C19H20FN5O5. The van der Waals surface area contributed by atoms with Crippen LogP contribution in [-0.2, 0) is 16.6 Å². The first-order chi connectivity index (χ1) is 14.3. The third-order valence-electron chi connectivity index (χ3n) is 4.09. The highest BCUT2D eigenvalue weighted by atomic mass is 19.1. The number of hydrogen-bond acceptors (Lipinski definition) is 8. The van der Waals surface area contributed by atoms with E-state index >= 15 is 0 Å². The highest BCUT2D eigenvalue weighted by Gasteiger charge is 2.18. The highest BCUT2D eigenvalue weighted by molar-refractivity contribution is 5.71. The fraction of sp³-hybridized carbons (Fsp3) is 0.263. The number of rotatable bonds is 7. The monoisotopic (exact) mass is 417 g/mol. The number of ether oxygens (including phenoxy) is 3. The lowest BCUT2D eigenvalue weighted by Crippen LogP contribution is -2.22. The van der Waals surface area contributed by atoms with E-state index in [0.29, 0.717) is 5.82 Å². The van der Waals surface area contributed by atoms with Gasteiger partial charge in [0, 0.05) is 25.4 Å². The number of aromatic nitrogens is 4. The molecule has 1 aromatic carbocycles. The molecule has 11 heteroatoms. The molecule has 3 rings (SSSR count). The molecule has 0 radical (unpaired) electrons. The van der Waals surface area contributed by atoms with E-state index in [1.807, 2.05) is 0 Å². The van der Waals surface area contributed by atoms with Crippen molar-refractivity contribution in [2.24, 2.45) is 7.05 Å². The lowest BCUT2D eigenvalue weighted by Gasteiger charge is -2.13. The number of hydrogen-bond donors (Lipinski definition) is 1. The average Bonchev–Trinajstić information content (AvgIpc) is 2.96. The second-order valence-electron chi connectivity index (χ2n) is 6.14. The van der Waals surface area contributed by atoms with Crippen LogP contribution in [0, 0.1) is 12.7 Å². The number of pyridine rings is 1. The maximum Gasteiger partial charge on any atom is 0.350 e. The van der Waals surface area contributed by atoms with Gasteiger partial charge in [-0.2, -0.15) is 9.78 Å². The summed E-state index contributed by atoms with van der Waals surface area (Å²) in [5.41, 5.74) is 5.21. The summed E-state index contributed by atoms with van der Waals surface area (Å²) in [5.74, 6) is -0.707. The Morgan fingerprint density at radius 1 is 1.30 bits per heavy atom. The lowest BCUT2D eigenvalue weighted by molar-refractivity contribution is -0.145. The molecule has 3 aromatic rings. The molecule has 30 heavy (non-hydrogen) atoms. The Balaban J connectivity index is 1.94. The summed E-state index contributed by atoms with van der Waals surface area (Å²) in [6.07, 6.45) is 1.45. The normalized spacial score (nSPS) is 10.7. The van der Waals surface area contributed by atoms with Gasteiger partial charge in [-0.05, 0) is 26.0 Å². The number of carbonyl (C=O) groups is 1. The van der Waals surface area contributed by atoms with Crippen molar-refractivity contribution in [1.29, 1.82) is 0 Å². The number of carbonyl (C=O) groups excluding carboxylic acids is 1. The molecule has 2 aromatic heterocycles. The molecule has 0 amide bonds. The van der Waals surface area contributed by atoms with Gasteiger partial charge < -0.3 is 19.9 Å². The maximum atomic E-state index is 14.5. The standard InChI is InChI=1S/C19H20FN5O5/c1-4-28-17(26)10-29-18-15(6-5-7-22-18)30-16-9-14(12(20)8-13(16)21)25-19(27)24(3)11(2)23-25/h5-9H,4,10,21H2,1-3H3. The maximum absolute atomic E-state index is 14.5. The molecule has 0 atom stereocenters. The topological polar surface area (TPSA) is 123 Å². The Morgan fingerprint density at radius 2 is 2.07 bits per heavy atom. The molecule has 0 unspecified atom stereocenters. The predicted octanol–water partition coefficient (Wildman–Crippen LogP) is 1.73. The average molecular weight is 417 g/mol. The van der Waals surface area contributed by atoms with E-state index < -0.39 is 17.5 Å². The second-order valence-corrected chi connectivity index (χ2v) is 6.14. The van der Waals surface area contributed by atoms with Crippen LogP contribution >= 0.6 is 0 Å². The minimum atomic E-state index is -0.745. The van der Waals surface area contributed by atoms with Crippen LogP contribution in [0.4, 0.5) is 10.1 Å². The zero-order valence-electron chi connectivity index (χ0n) is 16.6. The van der Waals surface area contributed by atoms with E-state index in [2.05, 4.69) is 10.1 Å². The molecule has 0 aliphatic rings. The fourth-order valence-corrected chi connectivity index (χ4v) is 2.51. The van der Waals surface area contributed by atoms with Crippen LogP contribution in [-0.4, -0.2) is 38.5 Å². The number of halogens is 1. The van der Waals surface area contributed by atoms with Gasteiger partial charge in [-0.3, -0.25) is 4.57 Å². The molecule has 2 N–H and O–H groups in total. The molecular weight excluding hydrogens is 397 g/mol. The van der Waals surface area contributed by atoms with Gasteiger partial charge in [-0.1, -0.05) is 0 Å². The summed E-state index contributed by atoms with van der Waals surface area (Å²) in [7, 11) is 1.52. The van der Waals surface area contributed by atoms with Crippen molar-refractivity contribution >= 4 is 11.7 Å². The zero-order valence-corrected chi connectivity index (χ0v) is 16.6. The van der Waals surface area contributed by atoms with E-state index in [1.165, 1.54) is 29.9 Å². The molecule has 0 fully saturated rings. The van der Waals surface area contributed by atoms with Crippen molar-refractivity contribution < 1.29 is 23.4 Å². The van der Waals surface area contributed by atoms with Gasteiger partial charge in [0.15, 0.2) is 23.9 Å². The second kappa shape index (κ2) is 8.64. The molecule has 0 saturated heterocycles. The van der Waals surface area contributed by atoms with Crippen molar-refractivity contribution in [3.63, 3.8) is 0 Å². The number of benzene rings is 1. The van der Waals surface area contributed by atoms with Gasteiger partial charge in [0.05, 0.1) is 12.3 Å².